The van der Waals surface area contributed by atoms with E-state index in [1.807, 2.05) is 13.0 Å². The molecule has 0 saturated carbocycles. The average molecular weight is 314 g/mol. The van der Waals surface area contributed by atoms with Crippen molar-refractivity contribution in [3.05, 3.63) is 47.3 Å². The van der Waals surface area contributed by atoms with Crippen LogP contribution in [0.4, 0.5) is 4.39 Å². The molecule has 0 aromatic carbocycles. The Kier molecular flexibility index (Phi) is 11.6. The second-order valence-electron chi connectivity index (χ2n) is 4.58. The van der Waals surface area contributed by atoms with Gasteiger partial charge in [-0.3, -0.25) is 0 Å². The summed E-state index contributed by atoms with van der Waals surface area (Å²) < 4.78 is 13.5. The van der Waals surface area contributed by atoms with Gasteiger partial charge in [0.2, 0.25) is 0 Å². The van der Waals surface area contributed by atoms with Crippen LogP contribution in [0.2, 0.25) is 0 Å². The highest BCUT2D eigenvalue weighted by molar-refractivity contribution is 6.29. The minimum absolute atomic E-state index is 0.103. The zero-order valence-corrected chi connectivity index (χ0v) is 14.0. The number of allylic oxidation sites excluding steroid dienone is 8. The maximum absolute atomic E-state index is 13.5. The van der Waals surface area contributed by atoms with Crippen LogP contribution in [0.15, 0.2) is 52.5 Å². The molecule has 4 heteroatoms. The van der Waals surface area contributed by atoms with Gasteiger partial charge < -0.3 is 4.84 Å². The molecule has 0 N–H and O–H groups in total. The molecule has 0 saturated heterocycles. The van der Waals surface area contributed by atoms with E-state index >= 15 is 0 Å². The van der Waals surface area contributed by atoms with Gasteiger partial charge in [-0.1, -0.05) is 43.1 Å². The van der Waals surface area contributed by atoms with Gasteiger partial charge in [-0.05, 0) is 57.1 Å². The van der Waals surface area contributed by atoms with E-state index in [0.717, 1.165) is 19.3 Å². The van der Waals surface area contributed by atoms with E-state index in [2.05, 4.69) is 19.0 Å². The Morgan fingerprint density at radius 1 is 1.24 bits per heavy atom. The fourth-order valence-corrected chi connectivity index (χ4v) is 1.55. The van der Waals surface area contributed by atoms with E-state index in [0.29, 0.717) is 10.7 Å². The first-order valence-electron chi connectivity index (χ1n) is 7.27. The summed E-state index contributed by atoms with van der Waals surface area (Å²) in [6.45, 7) is 7.73. The van der Waals surface area contributed by atoms with Crippen LogP contribution in [0.1, 0.15) is 47.0 Å². The average Bonchev–Trinajstić information content (AvgIpc) is 2.46. The first kappa shape index (κ1) is 19.7. The van der Waals surface area contributed by atoms with Gasteiger partial charge in [0.15, 0.2) is 0 Å². The van der Waals surface area contributed by atoms with Crippen molar-refractivity contribution in [1.82, 2.24) is 0 Å². The third-order valence-corrected chi connectivity index (χ3v) is 2.72. The molecule has 0 aliphatic heterocycles. The monoisotopic (exact) mass is 313 g/mol. The molecular weight excluding hydrogens is 289 g/mol. The van der Waals surface area contributed by atoms with Crippen molar-refractivity contribution in [1.29, 1.82) is 0 Å². The lowest BCUT2D eigenvalue weighted by atomic mass is 10.2. The maximum Gasteiger partial charge on any atom is 0.127 e. The van der Waals surface area contributed by atoms with E-state index in [4.69, 9.17) is 16.4 Å². The summed E-state index contributed by atoms with van der Waals surface area (Å²) >= 11 is 5.64. The summed E-state index contributed by atoms with van der Waals surface area (Å²) in [5.74, 6) is -0.396. The minimum Gasteiger partial charge on any atom is -0.392 e. The van der Waals surface area contributed by atoms with Gasteiger partial charge in [0.05, 0.1) is 0 Å². The summed E-state index contributed by atoms with van der Waals surface area (Å²) in [4.78, 5) is 5.49. The van der Waals surface area contributed by atoms with Crippen molar-refractivity contribution in [2.75, 3.05) is 0 Å². The molecule has 118 valence electrons. The molecule has 0 aliphatic rings. The molecule has 0 bridgehead atoms. The first-order chi connectivity index (χ1) is 10.0. The third-order valence-electron chi connectivity index (χ3n) is 2.60. The molecule has 0 aromatic heterocycles. The lowest BCUT2D eigenvalue weighted by Crippen LogP contribution is -2.08. The molecule has 0 radical (unpaired) electrons. The second kappa shape index (κ2) is 12.4. The molecule has 0 rings (SSSR count). The van der Waals surface area contributed by atoms with Gasteiger partial charge in [0.1, 0.15) is 17.6 Å². The minimum atomic E-state index is -0.396. The van der Waals surface area contributed by atoms with E-state index in [-0.39, 0.29) is 6.10 Å². The van der Waals surface area contributed by atoms with E-state index in [1.165, 1.54) is 18.2 Å². The van der Waals surface area contributed by atoms with Gasteiger partial charge in [0.25, 0.3) is 0 Å². The van der Waals surface area contributed by atoms with Crippen LogP contribution in [-0.4, -0.2) is 11.8 Å². The molecule has 0 aliphatic carbocycles. The fraction of sp³-hybridized carbons (Fsp3) is 0.471. The van der Waals surface area contributed by atoms with Crippen molar-refractivity contribution in [3.63, 3.8) is 0 Å². The number of hydrogen-bond acceptors (Lipinski definition) is 2. The molecule has 0 fully saturated rings. The van der Waals surface area contributed by atoms with E-state index in [1.54, 1.807) is 19.1 Å². The third kappa shape index (κ3) is 11.0. The van der Waals surface area contributed by atoms with Crippen molar-refractivity contribution >= 4 is 17.3 Å². The zero-order chi connectivity index (χ0) is 16.1. The van der Waals surface area contributed by atoms with E-state index < -0.39 is 5.83 Å². The molecular formula is C17H25ClFNO. The topological polar surface area (TPSA) is 21.6 Å². The highest BCUT2D eigenvalue weighted by atomic mass is 35.5. The van der Waals surface area contributed by atoms with Gasteiger partial charge in [-0.15, -0.1) is 0 Å². The largest absolute Gasteiger partial charge is 0.392 e. The molecule has 1 atom stereocenters. The normalized spacial score (nSPS) is 16.0. The summed E-state index contributed by atoms with van der Waals surface area (Å²) in [6, 6.07) is 0. The van der Waals surface area contributed by atoms with Crippen molar-refractivity contribution in [3.8, 4) is 0 Å². The van der Waals surface area contributed by atoms with Crippen molar-refractivity contribution < 1.29 is 9.23 Å². The number of halogens is 2. The van der Waals surface area contributed by atoms with Gasteiger partial charge in [-0.2, -0.15) is 0 Å². The maximum atomic E-state index is 13.5. The van der Waals surface area contributed by atoms with E-state index in [9.17, 15) is 4.39 Å². The predicted octanol–water partition coefficient (Wildman–Crippen LogP) is 6.07. The van der Waals surface area contributed by atoms with Gasteiger partial charge in [0, 0.05) is 5.03 Å². The van der Waals surface area contributed by atoms with Crippen molar-refractivity contribution in [2.45, 2.75) is 53.1 Å². The fourth-order valence-electron chi connectivity index (χ4n) is 1.49. The first-order valence-corrected chi connectivity index (χ1v) is 7.65. The SMILES string of the molecule is C\C=C/C(/C=C/C(F)=C\C=C(/C)Cl)=N\OC(CC)CCC. The summed E-state index contributed by atoms with van der Waals surface area (Å²) in [6.07, 6.45) is 12.3. The van der Waals surface area contributed by atoms with Crippen LogP contribution in [0.5, 0.6) is 0 Å². The predicted molar refractivity (Wildman–Crippen MR) is 90.3 cm³/mol. The number of hydrogen-bond donors (Lipinski definition) is 0. The Morgan fingerprint density at radius 3 is 2.48 bits per heavy atom. The van der Waals surface area contributed by atoms with Gasteiger partial charge in [-0.25, -0.2) is 4.39 Å². The van der Waals surface area contributed by atoms with Crippen LogP contribution in [0.25, 0.3) is 0 Å². The smallest absolute Gasteiger partial charge is 0.127 e. The standard InChI is InChI=1S/C17H25ClFNO/c1-5-8-16(20-21-17(7-3)9-6-2)13-12-15(19)11-10-14(4)18/h5,8,10-13,17H,6-7,9H2,1-4H3/b8-5-,13-12+,14-10+,15-11+,20-16+. The van der Waals surface area contributed by atoms with Gasteiger partial charge >= 0.3 is 0 Å². The number of nitrogens with zero attached hydrogens (tertiary/aromatic N) is 1. The highest BCUT2D eigenvalue weighted by Crippen LogP contribution is 2.08. The van der Waals surface area contributed by atoms with Crippen molar-refractivity contribution in [2.24, 2.45) is 5.16 Å². The lowest BCUT2D eigenvalue weighted by molar-refractivity contribution is 0.0502. The van der Waals surface area contributed by atoms with Crippen LogP contribution in [-0.2, 0) is 4.84 Å². The lowest BCUT2D eigenvalue weighted by Gasteiger charge is -2.11. The second-order valence-corrected chi connectivity index (χ2v) is 5.17. The Hall–Kier alpha value is -1.35. The molecule has 2 nitrogen and oxygen atoms in total. The van der Waals surface area contributed by atoms with Crippen LogP contribution in [0, 0.1) is 0 Å². The summed E-state index contributed by atoms with van der Waals surface area (Å²) in [7, 11) is 0. The molecule has 21 heavy (non-hydrogen) atoms. The highest BCUT2D eigenvalue weighted by Gasteiger charge is 2.04. The molecule has 0 amide bonds. The molecule has 0 spiro atoms. The summed E-state index contributed by atoms with van der Waals surface area (Å²) in [5, 5.41) is 4.60. The van der Waals surface area contributed by atoms with Crippen LogP contribution in [0.3, 0.4) is 0 Å². The quantitative estimate of drug-likeness (QED) is 0.288. The Bertz CT molecular complexity index is 432. The number of rotatable bonds is 9. The zero-order valence-electron chi connectivity index (χ0n) is 13.3. The Labute approximate surface area is 132 Å². The number of oxime groups is 1. The van der Waals surface area contributed by atoms with Crippen LogP contribution < -0.4 is 0 Å². The molecule has 0 aromatic rings. The summed E-state index contributed by atoms with van der Waals surface area (Å²) in [5.41, 5.74) is 0.571. The Balaban J connectivity index is 4.82. The molecule has 0 heterocycles. The Morgan fingerprint density at radius 2 is 1.95 bits per heavy atom. The molecule has 1 unspecified atom stereocenters. The van der Waals surface area contributed by atoms with Crippen LogP contribution >= 0.6 is 11.6 Å².